The Balaban J connectivity index is 1.61. The normalized spacial score (nSPS) is 24.9. The van der Waals surface area contributed by atoms with Crippen molar-refractivity contribution in [1.82, 2.24) is 9.21 Å². The number of rotatable bonds is 4. The number of sulfonamides is 1. The van der Waals surface area contributed by atoms with Crippen LogP contribution in [0.4, 0.5) is 0 Å². The smallest absolute Gasteiger partial charge is 0.244 e. The first kappa shape index (κ1) is 16.4. The molecule has 5 nitrogen and oxygen atoms in total. The van der Waals surface area contributed by atoms with Gasteiger partial charge in [0, 0.05) is 49.1 Å². The fourth-order valence-electron chi connectivity index (χ4n) is 3.23. The second-order valence-corrected chi connectivity index (χ2v) is 9.48. The zero-order valence-corrected chi connectivity index (χ0v) is 14.9. The molecule has 1 aromatic rings. The molecule has 2 aliphatic heterocycles. The molecule has 0 aliphatic carbocycles. The Hall–Kier alpha value is -0.470. The summed E-state index contributed by atoms with van der Waals surface area (Å²) in [6, 6.07) is 1.80. The Morgan fingerprint density at radius 1 is 1.27 bits per heavy atom. The van der Waals surface area contributed by atoms with Crippen molar-refractivity contribution in [3.8, 4) is 0 Å². The summed E-state index contributed by atoms with van der Waals surface area (Å²) in [4.78, 5) is 4.75. The lowest BCUT2D eigenvalue weighted by molar-refractivity contribution is 0.0617. The lowest BCUT2D eigenvalue weighted by Gasteiger charge is -2.34. The molecule has 0 radical (unpaired) electrons. The topological polar surface area (TPSA) is 49.9 Å². The summed E-state index contributed by atoms with van der Waals surface area (Å²) in [6.07, 6.45) is 2.62. The second-order valence-electron chi connectivity index (χ2n) is 6.12. The van der Waals surface area contributed by atoms with Crippen molar-refractivity contribution in [2.45, 2.75) is 37.7 Å². The highest BCUT2D eigenvalue weighted by Gasteiger charge is 2.31. The van der Waals surface area contributed by atoms with E-state index in [1.54, 1.807) is 21.7 Å². The summed E-state index contributed by atoms with van der Waals surface area (Å²) < 4.78 is 32.8. The Labute approximate surface area is 136 Å². The molecule has 3 heterocycles. The van der Waals surface area contributed by atoms with E-state index < -0.39 is 10.0 Å². The van der Waals surface area contributed by atoms with Gasteiger partial charge in [0.15, 0.2) is 0 Å². The molecule has 0 spiro atoms. The Morgan fingerprint density at radius 2 is 2.00 bits per heavy atom. The van der Waals surface area contributed by atoms with Gasteiger partial charge in [0.05, 0.1) is 11.0 Å². The Kier molecular flexibility index (Phi) is 4.89. The molecule has 0 amide bonds. The van der Waals surface area contributed by atoms with Gasteiger partial charge >= 0.3 is 0 Å². The monoisotopic (exact) mass is 344 g/mol. The Morgan fingerprint density at radius 3 is 2.55 bits per heavy atom. The first-order chi connectivity index (χ1) is 10.5. The first-order valence-electron chi connectivity index (χ1n) is 7.88. The minimum atomic E-state index is -3.34. The van der Waals surface area contributed by atoms with Gasteiger partial charge in [0.2, 0.25) is 10.0 Å². The molecule has 3 rings (SSSR count). The quantitative estimate of drug-likeness (QED) is 0.836. The standard InChI is InChI=1S/C15H24N2O3S2/c1-12-10-15(13(2)21-12)22(18,19)17-7-5-16(6-8-17)11-14-4-3-9-20-14/h10,14H,3-9,11H2,1-2H3. The second kappa shape index (κ2) is 6.57. The Bertz CT molecular complexity index is 613. The highest BCUT2D eigenvalue weighted by atomic mass is 32.2. The third kappa shape index (κ3) is 3.38. The molecule has 2 aliphatic rings. The van der Waals surface area contributed by atoms with Gasteiger partial charge in [-0.15, -0.1) is 11.3 Å². The number of piperazine rings is 1. The molecule has 2 saturated heterocycles. The van der Waals surface area contributed by atoms with Crippen LogP contribution in [0.25, 0.3) is 0 Å². The van der Waals surface area contributed by atoms with Gasteiger partial charge in [-0.25, -0.2) is 8.42 Å². The summed E-state index contributed by atoms with van der Waals surface area (Å²) in [6.45, 7) is 8.38. The fourth-order valence-corrected chi connectivity index (χ4v) is 6.18. The van der Waals surface area contributed by atoms with Crippen molar-refractivity contribution in [3.05, 3.63) is 15.8 Å². The molecule has 0 saturated carbocycles. The summed E-state index contributed by atoms with van der Waals surface area (Å²) in [5.41, 5.74) is 0. The molecular weight excluding hydrogens is 320 g/mol. The lowest BCUT2D eigenvalue weighted by Crippen LogP contribution is -2.50. The number of nitrogens with zero attached hydrogens (tertiary/aromatic N) is 2. The number of aryl methyl sites for hydroxylation is 2. The largest absolute Gasteiger partial charge is 0.377 e. The summed E-state index contributed by atoms with van der Waals surface area (Å²) in [7, 11) is -3.34. The van der Waals surface area contributed by atoms with Gasteiger partial charge < -0.3 is 4.74 Å². The molecule has 0 N–H and O–H groups in total. The summed E-state index contributed by atoms with van der Waals surface area (Å²) in [5, 5.41) is 0. The number of thiophene rings is 1. The van der Waals surface area contributed by atoms with Crippen LogP contribution in [0.15, 0.2) is 11.0 Å². The average Bonchev–Trinajstić information content (AvgIpc) is 3.09. The highest BCUT2D eigenvalue weighted by Crippen LogP contribution is 2.28. The van der Waals surface area contributed by atoms with Gasteiger partial charge in [-0.1, -0.05) is 0 Å². The summed E-state index contributed by atoms with van der Waals surface area (Å²) >= 11 is 1.55. The third-order valence-electron chi connectivity index (χ3n) is 4.43. The van der Waals surface area contributed by atoms with Crippen LogP contribution in [-0.4, -0.2) is 63.1 Å². The van der Waals surface area contributed by atoms with Gasteiger partial charge in [-0.05, 0) is 32.8 Å². The van der Waals surface area contributed by atoms with E-state index in [9.17, 15) is 8.42 Å². The SMILES string of the molecule is Cc1cc(S(=O)(=O)N2CCN(CC3CCCO3)CC2)c(C)s1. The van der Waals surface area contributed by atoms with E-state index in [0.717, 1.165) is 48.8 Å². The first-order valence-corrected chi connectivity index (χ1v) is 10.1. The van der Waals surface area contributed by atoms with E-state index in [2.05, 4.69) is 4.90 Å². The minimum absolute atomic E-state index is 0.338. The molecular formula is C15H24N2O3S2. The van der Waals surface area contributed by atoms with E-state index in [1.165, 1.54) is 0 Å². The van der Waals surface area contributed by atoms with Crippen molar-refractivity contribution >= 4 is 21.4 Å². The van der Waals surface area contributed by atoms with E-state index in [-0.39, 0.29) is 0 Å². The predicted octanol–water partition coefficient (Wildman–Crippen LogP) is 1.85. The number of hydrogen-bond acceptors (Lipinski definition) is 5. The van der Waals surface area contributed by atoms with Gasteiger partial charge in [-0.3, -0.25) is 4.90 Å². The molecule has 1 atom stereocenters. The zero-order chi connectivity index (χ0) is 15.7. The van der Waals surface area contributed by atoms with Crippen LogP contribution < -0.4 is 0 Å². The van der Waals surface area contributed by atoms with E-state index in [4.69, 9.17) is 4.74 Å². The predicted molar refractivity (Wildman–Crippen MR) is 88.0 cm³/mol. The summed E-state index contributed by atoms with van der Waals surface area (Å²) in [5.74, 6) is 0. The van der Waals surface area contributed by atoms with E-state index in [0.29, 0.717) is 24.1 Å². The van der Waals surface area contributed by atoms with Gasteiger partial charge in [0.25, 0.3) is 0 Å². The van der Waals surface area contributed by atoms with Crippen molar-refractivity contribution < 1.29 is 13.2 Å². The molecule has 0 aromatic carbocycles. The van der Waals surface area contributed by atoms with Crippen LogP contribution in [0, 0.1) is 13.8 Å². The van der Waals surface area contributed by atoms with Crippen molar-refractivity contribution in [2.75, 3.05) is 39.3 Å². The molecule has 2 fully saturated rings. The van der Waals surface area contributed by atoms with Crippen molar-refractivity contribution in [2.24, 2.45) is 0 Å². The molecule has 7 heteroatoms. The fraction of sp³-hybridized carbons (Fsp3) is 0.733. The minimum Gasteiger partial charge on any atom is -0.377 e. The van der Waals surface area contributed by atoms with Crippen LogP contribution in [0.2, 0.25) is 0 Å². The number of hydrogen-bond donors (Lipinski definition) is 0. The van der Waals surface area contributed by atoms with Crippen LogP contribution in [0.3, 0.4) is 0 Å². The zero-order valence-electron chi connectivity index (χ0n) is 13.2. The van der Waals surface area contributed by atoms with Crippen LogP contribution in [0.1, 0.15) is 22.6 Å². The maximum absolute atomic E-state index is 12.8. The lowest BCUT2D eigenvalue weighted by atomic mass is 10.2. The van der Waals surface area contributed by atoms with E-state index >= 15 is 0 Å². The van der Waals surface area contributed by atoms with Crippen molar-refractivity contribution in [3.63, 3.8) is 0 Å². The van der Waals surface area contributed by atoms with Crippen LogP contribution in [-0.2, 0) is 14.8 Å². The molecule has 22 heavy (non-hydrogen) atoms. The van der Waals surface area contributed by atoms with Crippen LogP contribution >= 0.6 is 11.3 Å². The maximum atomic E-state index is 12.8. The molecule has 124 valence electrons. The highest BCUT2D eigenvalue weighted by molar-refractivity contribution is 7.89. The third-order valence-corrected chi connectivity index (χ3v) is 7.55. The number of ether oxygens (including phenoxy) is 1. The van der Waals surface area contributed by atoms with Gasteiger partial charge in [-0.2, -0.15) is 4.31 Å². The van der Waals surface area contributed by atoms with E-state index in [1.807, 2.05) is 13.8 Å². The molecule has 1 aromatic heterocycles. The molecule has 0 bridgehead atoms. The van der Waals surface area contributed by atoms with Crippen LogP contribution in [0.5, 0.6) is 0 Å². The van der Waals surface area contributed by atoms with Crippen molar-refractivity contribution in [1.29, 1.82) is 0 Å². The average molecular weight is 345 g/mol. The maximum Gasteiger partial charge on any atom is 0.244 e. The molecule has 1 unspecified atom stereocenters. The van der Waals surface area contributed by atoms with Gasteiger partial charge in [0.1, 0.15) is 0 Å².